The summed E-state index contributed by atoms with van der Waals surface area (Å²) in [6.07, 6.45) is 4.21. The lowest BCUT2D eigenvalue weighted by atomic mass is 9.92. The Hall–Kier alpha value is -1.02. The van der Waals surface area contributed by atoms with E-state index < -0.39 is 0 Å². The lowest BCUT2D eigenvalue weighted by Crippen LogP contribution is -2.36. The van der Waals surface area contributed by atoms with Crippen LogP contribution < -0.4 is 5.32 Å². The normalized spacial score (nSPS) is 26.3. The second-order valence-corrected chi connectivity index (χ2v) is 4.47. The van der Waals surface area contributed by atoms with Crippen molar-refractivity contribution in [3.63, 3.8) is 0 Å². The number of aryl methyl sites for hydroxylation is 1. The number of anilines is 1. The molecule has 0 radical (unpaired) electrons. The van der Waals surface area contributed by atoms with Crippen LogP contribution in [0, 0.1) is 6.92 Å². The van der Waals surface area contributed by atoms with E-state index in [1.165, 1.54) is 12.0 Å². The van der Waals surface area contributed by atoms with Gasteiger partial charge >= 0.3 is 0 Å². The van der Waals surface area contributed by atoms with Crippen molar-refractivity contribution in [2.24, 2.45) is 0 Å². The lowest BCUT2D eigenvalue weighted by molar-refractivity contribution is 0.116. The van der Waals surface area contributed by atoms with E-state index in [2.05, 4.69) is 36.5 Å². The quantitative estimate of drug-likeness (QED) is 0.778. The summed E-state index contributed by atoms with van der Waals surface area (Å²) in [5, 5.41) is 13.2. The first-order valence-electron chi connectivity index (χ1n) is 5.77. The maximum atomic E-state index is 9.82. The highest BCUT2D eigenvalue weighted by molar-refractivity contribution is 5.45. The van der Waals surface area contributed by atoms with Gasteiger partial charge in [-0.25, -0.2) is 0 Å². The Bertz CT molecular complexity index is 307. The Balaban J connectivity index is 1.98. The molecule has 0 heterocycles. The molecule has 2 nitrogen and oxygen atoms in total. The van der Waals surface area contributed by atoms with Crippen molar-refractivity contribution in [2.45, 2.75) is 44.8 Å². The molecule has 1 aromatic carbocycles. The predicted octanol–water partition coefficient (Wildman–Crippen LogP) is 2.71. The first kappa shape index (κ1) is 10.5. The third-order valence-corrected chi connectivity index (χ3v) is 3.13. The Labute approximate surface area is 91.3 Å². The van der Waals surface area contributed by atoms with Crippen LogP contribution in [0.25, 0.3) is 0 Å². The van der Waals surface area contributed by atoms with Gasteiger partial charge in [0.1, 0.15) is 0 Å². The molecule has 1 aliphatic rings. The summed E-state index contributed by atoms with van der Waals surface area (Å²) >= 11 is 0. The van der Waals surface area contributed by atoms with Crippen molar-refractivity contribution in [2.75, 3.05) is 5.32 Å². The highest BCUT2D eigenvalue weighted by atomic mass is 16.3. The highest BCUT2D eigenvalue weighted by Gasteiger charge is 2.22. The molecule has 1 saturated carbocycles. The summed E-state index contributed by atoms with van der Waals surface area (Å²) in [4.78, 5) is 0. The van der Waals surface area contributed by atoms with Gasteiger partial charge in [0.25, 0.3) is 0 Å². The molecule has 82 valence electrons. The van der Waals surface area contributed by atoms with Crippen LogP contribution in [0.3, 0.4) is 0 Å². The largest absolute Gasteiger partial charge is 0.391 e. The van der Waals surface area contributed by atoms with Crippen molar-refractivity contribution < 1.29 is 5.11 Å². The number of aliphatic hydroxyl groups is 1. The smallest absolute Gasteiger partial charge is 0.0741 e. The van der Waals surface area contributed by atoms with Crippen molar-refractivity contribution in [3.05, 3.63) is 29.8 Å². The zero-order chi connectivity index (χ0) is 10.7. The summed E-state index contributed by atoms with van der Waals surface area (Å²) < 4.78 is 0. The molecule has 2 rings (SSSR count). The summed E-state index contributed by atoms with van der Waals surface area (Å²) in [6.45, 7) is 2.08. The number of nitrogens with one attached hydrogen (secondary N) is 1. The van der Waals surface area contributed by atoms with E-state index in [9.17, 15) is 5.11 Å². The van der Waals surface area contributed by atoms with E-state index in [1.807, 2.05) is 0 Å². The first-order valence-corrected chi connectivity index (χ1v) is 5.77. The number of hydrogen-bond donors (Lipinski definition) is 2. The summed E-state index contributed by atoms with van der Waals surface area (Å²) in [6, 6.07) is 8.59. The predicted molar refractivity (Wildman–Crippen MR) is 63.1 cm³/mol. The van der Waals surface area contributed by atoms with Gasteiger partial charge in [0.05, 0.1) is 12.1 Å². The van der Waals surface area contributed by atoms with Crippen LogP contribution in [0.15, 0.2) is 24.3 Å². The fraction of sp³-hybridized carbons (Fsp3) is 0.538. The minimum atomic E-state index is -0.181. The molecule has 2 atom stereocenters. The van der Waals surface area contributed by atoms with Gasteiger partial charge in [-0.2, -0.15) is 0 Å². The monoisotopic (exact) mass is 205 g/mol. The average molecular weight is 205 g/mol. The second kappa shape index (κ2) is 4.67. The van der Waals surface area contributed by atoms with Crippen LogP contribution in [0.1, 0.15) is 31.2 Å². The standard InChI is InChI=1S/C13H19NO/c1-10-6-8-11(9-7-10)14-12-4-2-3-5-13(12)15/h6-9,12-15H,2-5H2,1H3/t12-,13-/m0/s1. The Morgan fingerprint density at radius 1 is 1.13 bits per heavy atom. The first-order chi connectivity index (χ1) is 7.25. The fourth-order valence-electron chi connectivity index (χ4n) is 2.14. The molecule has 0 bridgehead atoms. The molecule has 15 heavy (non-hydrogen) atoms. The average Bonchev–Trinajstić information content (AvgIpc) is 2.25. The molecule has 0 amide bonds. The molecular weight excluding hydrogens is 186 g/mol. The summed E-state index contributed by atoms with van der Waals surface area (Å²) in [7, 11) is 0. The molecular formula is C13H19NO. The topological polar surface area (TPSA) is 32.3 Å². The van der Waals surface area contributed by atoms with E-state index in [4.69, 9.17) is 0 Å². The van der Waals surface area contributed by atoms with Crippen molar-refractivity contribution >= 4 is 5.69 Å². The third kappa shape index (κ3) is 2.72. The van der Waals surface area contributed by atoms with Gasteiger partial charge in [-0.05, 0) is 31.9 Å². The van der Waals surface area contributed by atoms with Crippen LogP contribution in [0.2, 0.25) is 0 Å². The van der Waals surface area contributed by atoms with Crippen LogP contribution in [0.4, 0.5) is 5.69 Å². The zero-order valence-electron chi connectivity index (χ0n) is 9.24. The second-order valence-electron chi connectivity index (χ2n) is 4.47. The van der Waals surface area contributed by atoms with Gasteiger partial charge in [-0.15, -0.1) is 0 Å². The van der Waals surface area contributed by atoms with Gasteiger partial charge < -0.3 is 10.4 Å². The molecule has 0 saturated heterocycles. The number of rotatable bonds is 2. The van der Waals surface area contributed by atoms with E-state index >= 15 is 0 Å². The minimum absolute atomic E-state index is 0.181. The van der Waals surface area contributed by atoms with Crippen LogP contribution in [-0.4, -0.2) is 17.3 Å². The van der Waals surface area contributed by atoms with Gasteiger partial charge in [-0.1, -0.05) is 30.5 Å². The number of hydrogen-bond acceptors (Lipinski definition) is 2. The molecule has 1 fully saturated rings. The van der Waals surface area contributed by atoms with E-state index in [-0.39, 0.29) is 12.1 Å². The molecule has 0 spiro atoms. The molecule has 1 aromatic rings. The Morgan fingerprint density at radius 2 is 1.80 bits per heavy atom. The lowest BCUT2D eigenvalue weighted by Gasteiger charge is -2.29. The summed E-state index contributed by atoms with van der Waals surface area (Å²) in [5.41, 5.74) is 2.39. The van der Waals surface area contributed by atoms with Crippen molar-refractivity contribution in [1.82, 2.24) is 0 Å². The van der Waals surface area contributed by atoms with Gasteiger partial charge in [-0.3, -0.25) is 0 Å². The summed E-state index contributed by atoms with van der Waals surface area (Å²) in [5.74, 6) is 0. The van der Waals surface area contributed by atoms with Gasteiger partial charge in [0.2, 0.25) is 0 Å². The van der Waals surface area contributed by atoms with Crippen molar-refractivity contribution in [1.29, 1.82) is 0 Å². The fourth-order valence-corrected chi connectivity index (χ4v) is 2.14. The Morgan fingerprint density at radius 3 is 2.47 bits per heavy atom. The SMILES string of the molecule is Cc1ccc(N[C@H]2CCCC[C@@H]2O)cc1. The molecule has 0 aromatic heterocycles. The van der Waals surface area contributed by atoms with Crippen LogP contribution in [0.5, 0.6) is 0 Å². The zero-order valence-corrected chi connectivity index (χ0v) is 9.24. The molecule has 2 heteroatoms. The molecule has 0 unspecified atom stereocenters. The van der Waals surface area contributed by atoms with E-state index in [1.54, 1.807) is 0 Å². The number of aliphatic hydroxyl groups excluding tert-OH is 1. The van der Waals surface area contributed by atoms with E-state index in [0.717, 1.165) is 24.9 Å². The molecule has 1 aliphatic carbocycles. The van der Waals surface area contributed by atoms with Gasteiger partial charge in [0.15, 0.2) is 0 Å². The van der Waals surface area contributed by atoms with Crippen LogP contribution >= 0.6 is 0 Å². The maximum Gasteiger partial charge on any atom is 0.0741 e. The minimum Gasteiger partial charge on any atom is -0.391 e. The van der Waals surface area contributed by atoms with Crippen molar-refractivity contribution in [3.8, 4) is 0 Å². The molecule has 0 aliphatic heterocycles. The molecule has 2 N–H and O–H groups in total. The van der Waals surface area contributed by atoms with Crippen LogP contribution in [-0.2, 0) is 0 Å². The highest BCUT2D eigenvalue weighted by Crippen LogP contribution is 2.22. The third-order valence-electron chi connectivity index (χ3n) is 3.13. The van der Waals surface area contributed by atoms with Gasteiger partial charge in [0, 0.05) is 5.69 Å². The number of benzene rings is 1. The maximum absolute atomic E-state index is 9.82. The Kier molecular flexibility index (Phi) is 3.27. The van der Waals surface area contributed by atoms with E-state index in [0.29, 0.717) is 0 Å².